The molecular formula is C9H17NO. The van der Waals surface area contributed by atoms with Crippen LogP contribution in [-0.4, -0.2) is 18.2 Å². The van der Waals surface area contributed by atoms with Gasteiger partial charge in [-0.1, -0.05) is 13.8 Å². The van der Waals surface area contributed by atoms with Crippen molar-refractivity contribution in [2.45, 2.75) is 44.8 Å². The maximum Gasteiger partial charge on any atom is 0.0936 e. The van der Waals surface area contributed by atoms with E-state index in [4.69, 9.17) is 10.5 Å². The molecular weight excluding hydrogens is 138 g/mol. The number of nitrogens with two attached hydrogens (primary N) is 1. The zero-order chi connectivity index (χ0) is 8.11. The lowest BCUT2D eigenvalue weighted by molar-refractivity contribution is 0.119. The van der Waals surface area contributed by atoms with Gasteiger partial charge in [-0.05, 0) is 24.7 Å². The van der Waals surface area contributed by atoms with E-state index in [1.165, 1.54) is 6.42 Å². The van der Waals surface area contributed by atoms with Crippen molar-refractivity contribution in [2.24, 2.45) is 11.1 Å². The second-order valence-corrected chi connectivity index (χ2v) is 4.98. The van der Waals surface area contributed by atoms with Crippen molar-refractivity contribution in [3.8, 4) is 0 Å². The topological polar surface area (TPSA) is 38.5 Å². The third-order valence-corrected chi connectivity index (χ3v) is 2.80. The Hall–Kier alpha value is -0.0800. The molecule has 2 fully saturated rings. The smallest absolute Gasteiger partial charge is 0.0936 e. The van der Waals surface area contributed by atoms with Gasteiger partial charge < -0.3 is 10.5 Å². The minimum atomic E-state index is 0.209. The van der Waals surface area contributed by atoms with Gasteiger partial charge in [-0.3, -0.25) is 0 Å². The van der Waals surface area contributed by atoms with Gasteiger partial charge in [0.2, 0.25) is 0 Å². The highest BCUT2D eigenvalue weighted by molar-refractivity contribution is 5.03. The number of hydrogen-bond donors (Lipinski definition) is 1. The third kappa shape index (κ3) is 1.42. The molecule has 1 heterocycles. The normalized spacial score (nSPS) is 47.7. The molecule has 1 saturated carbocycles. The maximum atomic E-state index is 5.95. The Morgan fingerprint density at radius 3 is 2.45 bits per heavy atom. The lowest BCUT2D eigenvalue weighted by Crippen LogP contribution is -2.41. The van der Waals surface area contributed by atoms with Gasteiger partial charge in [-0.15, -0.1) is 0 Å². The Labute approximate surface area is 68.1 Å². The first kappa shape index (κ1) is 7.56. The molecule has 0 unspecified atom stereocenters. The van der Waals surface area contributed by atoms with Gasteiger partial charge >= 0.3 is 0 Å². The summed E-state index contributed by atoms with van der Waals surface area (Å²) in [6, 6.07) is 0.362. The molecule has 0 aromatic rings. The minimum absolute atomic E-state index is 0.209. The number of hydrogen-bond acceptors (Lipinski definition) is 2. The molecule has 11 heavy (non-hydrogen) atoms. The molecule has 0 amide bonds. The molecule has 1 saturated heterocycles. The summed E-state index contributed by atoms with van der Waals surface area (Å²) >= 11 is 0. The van der Waals surface area contributed by atoms with Crippen molar-refractivity contribution in [3.05, 3.63) is 0 Å². The third-order valence-electron chi connectivity index (χ3n) is 2.80. The zero-order valence-corrected chi connectivity index (χ0v) is 7.39. The largest absolute Gasteiger partial charge is 0.370 e. The van der Waals surface area contributed by atoms with Crippen molar-refractivity contribution in [2.75, 3.05) is 6.61 Å². The average molecular weight is 155 g/mol. The highest BCUT2D eigenvalue weighted by atomic mass is 16.6. The standard InChI is InChI=1S/C9H17NO/c1-8(2)3-7(10)4-9(5-8)6-11-9/h7H,3-6,10H2,1-2H3/t7-,9-/m1/s1. The molecule has 1 spiro atoms. The molecule has 2 heteroatoms. The van der Waals surface area contributed by atoms with E-state index >= 15 is 0 Å². The van der Waals surface area contributed by atoms with Crippen LogP contribution in [0.2, 0.25) is 0 Å². The second kappa shape index (κ2) is 1.99. The van der Waals surface area contributed by atoms with E-state index in [0.717, 1.165) is 19.4 Å². The number of ether oxygens (including phenoxy) is 1. The van der Waals surface area contributed by atoms with Gasteiger partial charge in [-0.25, -0.2) is 0 Å². The fourth-order valence-corrected chi connectivity index (χ4v) is 2.60. The molecule has 2 atom stereocenters. The molecule has 0 radical (unpaired) electrons. The zero-order valence-electron chi connectivity index (χ0n) is 7.39. The van der Waals surface area contributed by atoms with Crippen LogP contribution in [0.1, 0.15) is 33.1 Å². The van der Waals surface area contributed by atoms with Gasteiger partial charge in [0.1, 0.15) is 0 Å². The Kier molecular flexibility index (Phi) is 1.37. The molecule has 2 rings (SSSR count). The average Bonchev–Trinajstić information content (AvgIpc) is 2.41. The van der Waals surface area contributed by atoms with Crippen LogP contribution in [0.25, 0.3) is 0 Å². The van der Waals surface area contributed by atoms with E-state index in [0.29, 0.717) is 11.5 Å². The second-order valence-electron chi connectivity index (χ2n) is 4.98. The summed E-state index contributed by atoms with van der Waals surface area (Å²) in [6.07, 6.45) is 3.43. The molecule has 2 N–H and O–H groups in total. The molecule has 1 aliphatic carbocycles. The monoisotopic (exact) mass is 155 g/mol. The van der Waals surface area contributed by atoms with E-state index in [9.17, 15) is 0 Å². The minimum Gasteiger partial charge on any atom is -0.370 e. The molecule has 0 aromatic heterocycles. The SMILES string of the molecule is CC1(C)C[C@@H](N)C[C@]2(CO2)C1. The van der Waals surface area contributed by atoms with E-state index in [1.54, 1.807) is 0 Å². The summed E-state index contributed by atoms with van der Waals surface area (Å²) < 4.78 is 5.46. The summed E-state index contributed by atoms with van der Waals surface area (Å²) in [5.41, 5.74) is 6.55. The number of epoxide rings is 1. The lowest BCUT2D eigenvalue weighted by Gasteiger charge is -2.37. The predicted octanol–water partition coefficient (Wildman–Crippen LogP) is 1.29. The van der Waals surface area contributed by atoms with Crippen LogP contribution >= 0.6 is 0 Å². The van der Waals surface area contributed by atoms with Crippen LogP contribution < -0.4 is 5.73 Å². The Bertz CT molecular complexity index is 166. The first-order valence-corrected chi connectivity index (χ1v) is 4.41. The summed E-state index contributed by atoms with van der Waals surface area (Å²) in [6.45, 7) is 5.52. The van der Waals surface area contributed by atoms with Gasteiger partial charge in [0.05, 0.1) is 12.2 Å². The molecule has 2 aliphatic rings. The van der Waals surface area contributed by atoms with Crippen LogP contribution in [0.5, 0.6) is 0 Å². The summed E-state index contributed by atoms with van der Waals surface area (Å²) in [5, 5.41) is 0. The van der Waals surface area contributed by atoms with Crippen LogP contribution in [0.3, 0.4) is 0 Å². The summed E-state index contributed by atoms with van der Waals surface area (Å²) in [4.78, 5) is 0. The lowest BCUT2D eigenvalue weighted by atomic mass is 9.70. The quantitative estimate of drug-likeness (QED) is 0.535. The molecule has 64 valence electrons. The van der Waals surface area contributed by atoms with Crippen LogP contribution in [0.15, 0.2) is 0 Å². The van der Waals surface area contributed by atoms with Crippen molar-refractivity contribution in [3.63, 3.8) is 0 Å². The van der Waals surface area contributed by atoms with Crippen molar-refractivity contribution < 1.29 is 4.74 Å². The molecule has 0 aromatic carbocycles. The molecule has 2 nitrogen and oxygen atoms in total. The van der Waals surface area contributed by atoms with E-state index in [2.05, 4.69) is 13.8 Å². The van der Waals surface area contributed by atoms with Gasteiger partial charge in [0, 0.05) is 6.04 Å². The predicted molar refractivity (Wildman–Crippen MR) is 44.3 cm³/mol. The highest BCUT2D eigenvalue weighted by Crippen LogP contribution is 2.48. The Morgan fingerprint density at radius 1 is 1.36 bits per heavy atom. The maximum absolute atomic E-state index is 5.95. The fraction of sp³-hybridized carbons (Fsp3) is 1.00. The summed E-state index contributed by atoms with van der Waals surface area (Å²) in [7, 11) is 0. The fourth-order valence-electron chi connectivity index (χ4n) is 2.60. The Morgan fingerprint density at radius 2 is 2.00 bits per heavy atom. The van der Waals surface area contributed by atoms with Crippen LogP contribution in [0, 0.1) is 5.41 Å². The van der Waals surface area contributed by atoms with Gasteiger partial charge in [0.25, 0.3) is 0 Å². The van der Waals surface area contributed by atoms with Gasteiger partial charge in [0.15, 0.2) is 0 Å². The number of rotatable bonds is 0. The van der Waals surface area contributed by atoms with E-state index in [1.807, 2.05) is 0 Å². The molecule has 0 bridgehead atoms. The van der Waals surface area contributed by atoms with Crippen LogP contribution in [-0.2, 0) is 4.74 Å². The van der Waals surface area contributed by atoms with Gasteiger partial charge in [-0.2, -0.15) is 0 Å². The Balaban J connectivity index is 2.09. The van der Waals surface area contributed by atoms with Crippen molar-refractivity contribution in [1.82, 2.24) is 0 Å². The summed E-state index contributed by atoms with van der Waals surface area (Å²) in [5.74, 6) is 0. The first-order chi connectivity index (χ1) is 5.02. The van der Waals surface area contributed by atoms with E-state index in [-0.39, 0.29) is 5.60 Å². The van der Waals surface area contributed by atoms with Crippen molar-refractivity contribution >= 4 is 0 Å². The van der Waals surface area contributed by atoms with Crippen LogP contribution in [0.4, 0.5) is 0 Å². The molecule has 1 aliphatic heterocycles. The van der Waals surface area contributed by atoms with E-state index < -0.39 is 0 Å². The highest BCUT2D eigenvalue weighted by Gasteiger charge is 2.52. The van der Waals surface area contributed by atoms with Crippen molar-refractivity contribution in [1.29, 1.82) is 0 Å². The first-order valence-electron chi connectivity index (χ1n) is 4.41.